The van der Waals surface area contributed by atoms with Crippen molar-refractivity contribution < 1.29 is 24.2 Å². The molecule has 7 nitrogen and oxygen atoms in total. The molecule has 2 amide bonds. The molecule has 0 saturated carbocycles. The highest BCUT2D eigenvalue weighted by molar-refractivity contribution is 5.93. The fourth-order valence-electron chi connectivity index (χ4n) is 1.76. The topological polar surface area (TPSA) is 119 Å². The van der Waals surface area contributed by atoms with Gasteiger partial charge in [0.05, 0.1) is 13.0 Å². The third-order valence-corrected chi connectivity index (χ3v) is 2.97. The molecule has 0 aromatic heterocycles. The van der Waals surface area contributed by atoms with Gasteiger partial charge in [-0.15, -0.1) is 0 Å². The maximum atomic E-state index is 11.7. The molecule has 0 aliphatic rings. The second-order valence-corrected chi connectivity index (χ2v) is 5.12. The van der Waals surface area contributed by atoms with Crippen molar-refractivity contribution in [3.63, 3.8) is 0 Å². The molecule has 0 aliphatic carbocycles. The van der Waals surface area contributed by atoms with Crippen molar-refractivity contribution in [2.45, 2.75) is 26.3 Å². The Labute approximate surface area is 128 Å². The van der Waals surface area contributed by atoms with Gasteiger partial charge in [-0.2, -0.15) is 0 Å². The number of primary amides is 1. The number of carboxylic acids is 1. The van der Waals surface area contributed by atoms with Crippen LogP contribution >= 0.6 is 0 Å². The standard InChI is InChI=1S/C15H20N2O5/c1-9(2)13(15(20)21)17-12(18)6-7-22-11-5-3-4-10(8-11)14(16)19/h3-5,8-9,13H,6-7H2,1-2H3,(H2,16,19)(H,17,18)(H,20,21)/t13-/m1/s1. The first-order chi connectivity index (χ1) is 10.3. The number of aliphatic carboxylic acids is 1. The molecule has 1 rings (SSSR count). The number of carboxylic acid groups (broad SMARTS) is 1. The number of hydrogen-bond acceptors (Lipinski definition) is 4. The van der Waals surface area contributed by atoms with E-state index in [4.69, 9.17) is 15.6 Å². The Bertz CT molecular complexity index is 557. The summed E-state index contributed by atoms with van der Waals surface area (Å²) >= 11 is 0. The van der Waals surface area contributed by atoms with E-state index in [-0.39, 0.29) is 18.9 Å². The van der Waals surface area contributed by atoms with Crippen molar-refractivity contribution >= 4 is 17.8 Å². The molecule has 1 aromatic carbocycles. The minimum atomic E-state index is -1.07. The lowest BCUT2D eigenvalue weighted by atomic mass is 10.0. The van der Waals surface area contributed by atoms with Crippen LogP contribution in [0.25, 0.3) is 0 Å². The fraction of sp³-hybridized carbons (Fsp3) is 0.400. The van der Waals surface area contributed by atoms with E-state index in [2.05, 4.69) is 5.32 Å². The lowest BCUT2D eigenvalue weighted by molar-refractivity contribution is -0.143. The van der Waals surface area contributed by atoms with Gasteiger partial charge in [0.2, 0.25) is 11.8 Å². The number of benzene rings is 1. The molecule has 0 spiro atoms. The fourth-order valence-corrected chi connectivity index (χ4v) is 1.76. The third kappa shape index (κ3) is 5.43. The normalized spacial score (nSPS) is 11.8. The van der Waals surface area contributed by atoms with Crippen molar-refractivity contribution in [1.29, 1.82) is 0 Å². The average molecular weight is 308 g/mol. The number of nitrogens with two attached hydrogens (primary N) is 1. The summed E-state index contributed by atoms with van der Waals surface area (Å²) < 4.78 is 5.35. The van der Waals surface area contributed by atoms with Crippen molar-refractivity contribution in [2.24, 2.45) is 11.7 Å². The SMILES string of the molecule is CC(C)[C@@H](NC(=O)CCOc1cccc(C(N)=O)c1)C(=O)O. The lowest BCUT2D eigenvalue weighted by Gasteiger charge is -2.17. The number of amides is 2. The van der Waals surface area contributed by atoms with Gasteiger partial charge in [0.15, 0.2) is 0 Å². The van der Waals surface area contributed by atoms with Crippen LogP contribution in [0.15, 0.2) is 24.3 Å². The van der Waals surface area contributed by atoms with Crippen molar-refractivity contribution in [3.8, 4) is 5.75 Å². The van der Waals surface area contributed by atoms with Gasteiger partial charge in [-0.3, -0.25) is 9.59 Å². The Morgan fingerprint density at radius 3 is 2.55 bits per heavy atom. The summed E-state index contributed by atoms with van der Waals surface area (Å²) in [6, 6.07) is 5.37. The van der Waals surface area contributed by atoms with E-state index < -0.39 is 23.8 Å². The Morgan fingerprint density at radius 1 is 1.32 bits per heavy atom. The molecule has 0 unspecified atom stereocenters. The average Bonchev–Trinajstić information content (AvgIpc) is 2.44. The number of rotatable bonds is 8. The van der Waals surface area contributed by atoms with Crippen LogP contribution in [0.4, 0.5) is 0 Å². The monoisotopic (exact) mass is 308 g/mol. The highest BCUT2D eigenvalue weighted by Gasteiger charge is 2.23. The van der Waals surface area contributed by atoms with E-state index in [0.29, 0.717) is 11.3 Å². The smallest absolute Gasteiger partial charge is 0.326 e. The van der Waals surface area contributed by atoms with Crippen LogP contribution in [0.5, 0.6) is 5.75 Å². The molecule has 1 aromatic rings. The van der Waals surface area contributed by atoms with Crippen molar-refractivity contribution in [2.75, 3.05) is 6.61 Å². The first-order valence-electron chi connectivity index (χ1n) is 6.86. The van der Waals surface area contributed by atoms with E-state index >= 15 is 0 Å². The zero-order chi connectivity index (χ0) is 16.7. The Balaban J connectivity index is 2.47. The van der Waals surface area contributed by atoms with Crippen molar-refractivity contribution in [1.82, 2.24) is 5.32 Å². The molecule has 22 heavy (non-hydrogen) atoms. The number of hydrogen-bond donors (Lipinski definition) is 3. The van der Waals surface area contributed by atoms with Gasteiger partial charge in [-0.25, -0.2) is 4.79 Å². The third-order valence-electron chi connectivity index (χ3n) is 2.97. The van der Waals surface area contributed by atoms with Crippen LogP contribution in [0.2, 0.25) is 0 Å². The predicted molar refractivity (Wildman–Crippen MR) is 79.5 cm³/mol. The number of ether oxygens (including phenoxy) is 1. The largest absolute Gasteiger partial charge is 0.493 e. The summed E-state index contributed by atoms with van der Waals surface area (Å²) in [6.45, 7) is 3.49. The summed E-state index contributed by atoms with van der Waals surface area (Å²) in [6.07, 6.45) is 0.0112. The van der Waals surface area contributed by atoms with Gasteiger partial charge in [-0.05, 0) is 24.1 Å². The molecule has 7 heteroatoms. The van der Waals surface area contributed by atoms with E-state index in [9.17, 15) is 14.4 Å². The summed E-state index contributed by atoms with van der Waals surface area (Å²) in [5.41, 5.74) is 5.47. The quantitative estimate of drug-likeness (QED) is 0.655. The lowest BCUT2D eigenvalue weighted by Crippen LogP contribution is -2.44. The molecular weight excluding hydrogens is 288 g/mol. The number of carbonyl (C=O) groups excluding carboxylic acids is 2. The molecule has 4 N–H and O–H groups in total. The van der Waals surface area contributed by atoms with Crippen LogP contribution in [0.3, 0.4) is 0 Å². The van der Waals surface area contributed by atoms with Crippen LogP contribution in [-0.4, -0.2) is 35.5 Å². The summed E-state index contributed by atoms with van der Waals surface area (Å²) in [7, 11) is 0. The molecule has 0 aliphatic heterocycles. The number of nitrogens with one attached hydrogen (secondary N) is 1. The van der Waals surface area contributed by atoms with E-state index in [0.717, 1.165) is 0 Å². The van der Waals surface area contributed by atoms with E-state index in [1.165, 1.54) is 6.07 Å². The maximum Gasteiger partial charge on any atom is 0.326 e. The maximum absolute atomic E-state index is 11.7. The molecule has 0 radical (unpaired) electrons. The van der Waals surface area contributed by atoms with Crippen LogP contribution in [-0.2, 0) is 9.59 Å². The Kier molecular flexibility index (Phi) is 6.37. The number of carbonyl (C=O) groups is 3. The van der Waals surface area contributed by atoms with Crippen LogP contribution in [0, 0.1) is 5.92 Å². The van der Waals surface area contributed by atoms with Gasteiger partial charge in [-0.1, -0.05) is 19.9 Å². The molecule has 0 saturated heterocycles. The summed E-state index contributed by atoms with van der Waals surface area (Å²) in [5, 5.41) is 11.4. The van der Waals surface area contributed by atoms with Crippen molar-refractivity contribution in [3.05, 3.63) is 29.8 Å². The van der Waals surface area contributed by atoms with E-state index in [1.54, 1.807) is 32.0 Å². The minimum absolute atomic E-state index is 0.0112. The molecule has 0 bridgehead atoms. The summed E-state index contributed by atoms with van der Waals surface area (Å²) in [4.78, 5) is 33.7. The predicted octanol–water partition coefficient (Wildman–Crippen LogP) is 0.780. The van der Waals surface area contributed by atoms with Gasteiger partial charge in [0.25, 0.3) is 0 Å². The second-order valence-electron chi connectivity index (χ2n) is 5.12. The molecule has 120 valence electrons. The van der Waals surface area contributed by atoms with Crippen LogP contribution < -0.4 is 15.8 Å². The molecule has 1 atom stereocenters. The zero-order valence-electron chi connectivity index (χ0n) is 12.5. The Morgan fingerprint density at radius 2 is 2.00 bits per heavy atom. The molecule has 0 heterocycles. The van der Waals surface area contributed by atoms with Crippen LogP contribution in [0.1, 0.15) is 30.6 Å². The zero-order valence-corrected chi connectivity index (χ0v) is 12.5. The second kappa shape index (κ2) is 8.02. The van der Waals surface area contributed by atoms with Gasteiger partial charge in [0.1, 0.15) is 11.8 Å². The van der Waals surface area contributed by atoms with Gasteiger partial charge >= 0.3 is 5.97 Å². The molecular formula is C15H20N2O5. The Hall–Kier alpha value is -2.57. The van der Waals surface area contributed by atoms with E-state index in [1.807, 2.05) is 0 Å². The molecule has 0 fully saturated rings. The highest BCUT2D eigenvalue weighted by Crippen LogP contribution is 2.13. The highest BCUT2D eigenvalue weighted by atomic mass is 16.5. The van der Waals surface area contributed by atoms with Gasteiger partial charge < -0.3 is 20.9 Å². The first kappa shape index (κ1) is 17.5. The minimum Gasteiger partial charge on any atom is -0.493 e. The van der Waals surface area contributed by atoms with Gasteiger partial charge in [0, 0.05) is 5.56 Å². The first-order valence-corrected chi connectivity index (χ1v) is 6.86. The summed E-state index contributed by atoms with van der Waals surface area (Å²) in [5.74, 6) is -1.84.